The van der Waals surface area contributed by atoms with E-state index in [0.717, 1.165) is 44.3 Å². The van der Waals surface area contributed by atoms with E-state index in [1.165, 1.54) is 0 Å². The number of hydrogen-bond donors (Lipinski definition) is 2. The second-order valence-corrected chi connectivity index (χ2v) is 4.65. The molecule has 0 amide bonds. The summed E-state index contributed by atoms with van der Waals surface area (Å²) in [6.07, 6.45) is 0. The fraction of sp³-hybridized carbons (Fsp3) is 0.133. The number of hydrogen-bond acceptors (Lipinski definition) is 3. The van der Waals surface area contributed by atoms with Gasteiger partial charge in [-0.05, 0) is 49.2 Å². The summed E-state index contributed by atoms with van der Waals surface area (Å²) in [7, 11) is 0. The lowest BCUT2D eigenvalue weighted by atomic mass is 9.98. The third-order valence-corrected chi connectivity index (χ3v) is 3.55. The third kappa shape index (κ3) is 1.34. The Morgan fingerprint density at radius 2 is 1.50 bits per heavy atom. The fourth-order valence-electron chi connectivity index (χ4n) is 2.59. The summed E-state index contributed by atoms with van der Waals surface area (Å²) in [6.45, 7) is 4.10. The van der Waals surface area contributed by atoms with Gasteiger partial charge in [-0.15, -0.1) is 0 Å². The second kappa shape index (κ2) is 3.60. The van der Waals surface area contributed by atoms with Crippen LogP contribution < -0.4 is 11.5 Å². The summed E-state index contributed by atoms with van der Waals surface area (Å²) in [5.74, 6) is 0. The van der Waals surface area contributed by atoms with Gasteiger partial charge in [0.1, 0.15) is 0 Å². The lowest BCUT2D eigenvalue weighted by Crippen LogP contribution is -1.97. The molecular formula is C15H15N3. The maximum absolute atomic E-state index is 6.06. The molecule has 3 heteroatoms. The molecule has 0 aliphatic heterocycles. The minimum absolute atomic E-state index is 0.765. The van der Waals surface area contributed by atoms with E-state index in [1.54, 1.807) is 0 Å². The van der Waals surface area contributed by atoms with Crippen LogP contribution in [0.15, 0.2) is 30.3 Å². The molecule has 90 valence electrons. The molecule has 0 radical (unpaired) electrons. The Morgan fingerprint density at radius 1 is 0.778 bits per heavy atom. The lowest BCUT2D eigenvalue weighted by molar-refractivity contribution is 1.42. The number of benzene rings is 2. The van der Waals surface area contributed by atoms with Gasteiger partial charge in [0.2, 0.25) is 0 Å². The SMILES string of the molecule is Cc1c(N)ccc2nc3cccc(N)c3c(C)c12. The largest absolute Gasteiger partial charge is 0.398 e. The average molecular weight is 237 g/mol. The number of aromatic nitrogens is 1. The number of pyridine rings is 1. The predicted octanol–water partition coefficient (Wildman–Crippen LogP) is 3.17. The predicted molar refractivity (Wildman–Crippen MR) is 77.5 cm³/mol. The van der Waals surface area contributed by atoms with Crippen LogP contribution in [0, 0.1) is 13.8 Å². The molecule has 3 nitrogen and oxygen atoms in total. The van der Waals surface area contributed by atoms with Gasteiger partial charge in [-0.1, -0.05) is 6.07 Å². The summed E-state index contributed by atoms with van der Waals surface area (Å²) in [5.41, 5.74) is 17.7. The Bertz CT molecular complexity index is 776. The first-order chi connectivity index (χ1) is 8.59. The number of fused-ring (bicyclic) bond motifs is 2. The molecule has 0 bridgehead atoms. The summed E-state index contributed by atoms with van der Waals surface area (Å²) in [5, 5.41) is 2.14. The monoisotopic (exact) mass is 237 g/mol. The van der Waals surface area contributed by atoms with Gasteiger partial charge in [0.15, 0.2) is 0 Å². The van der Waals surface area contributed by atoms with Crippen LogP contribution in [-0.2, 0) is 0 Å². The first-order valence-corrected chi connectivity index (χ1v) is 5.93. The molecule has 0 spiro atoms. The molecule has 0 atom stereocenters. The van der Waals surface area contributed by atoms with Gasteiger partial charge >= 0.3 is 0 Å². The Kier molecular flexibility index (Phi) is 2.17. The van der Waals surface area contributed by atoms with Crippen molar-refractivity contribution in [2.75, 3.05) is 11.5 Å². The van der Waals surface area contributed by atoms with Crippen molar-refractivity contribution in [3.8, 4) is 0 Å². The van der Waals surface area contributed by atoms with Crippen molar-refractivity contribution in [3.63, 3.8) is 0 Å². The van der Waals surface area contributed by atoms with Crippen LogP contribution in [0.25, 0.3) is 21.8 Å². The molecule has 0 saturated heterocycles. The fourth-order valence-corrected chi connectivity index (χ4v) is 2.59. The smallest absolute Gasteiger partial charge is 0.0733 e. The Labute approximate surface area is 105 Å². The highest BCUT2D eigenvalue weighted by molar-refractivity contribution is 6.04. The molecule has 4 N–H and O–H groups in total. The standard InChI is InChI=1S/C15H15N3/c1-8-10(16)6-7-13-14(8)9(2)15-11(17)4-3-5-12(15)18-13/h3-7H,16-17H2,1-2H3. The molecule has 3 aromatic rings. The van der Waals surface area contributed by atoms with Crippen LogP contribution in [0.1, 0.15) is 11.1 Å². The summed E-state index contributed by atoms with van der Waals surface area (Å²) in [4.78, 5) is 4.67. The number of nitrogen functional groups attached to an aromatic ring is 2. The van der Waals surface area contributed by atoms with Crippen LogP contribution in [0.4, 0.5) is 11.4 Å². The summed E-state index contributed by atoms with van der Waals surface area (Å²) in [6, 6.07) is 9.70. The maximum Gasteiger partial charge on any atom is 0.0733 e. The topological polar surface area (TPSA) is 64.9 Å². The zero-order chi connectivity index (χ0) is 12.9. The Morgan fingerprint density at radius 3 is 2.28 bits per heavy atom. The molecule has 1 aromatic heterocycles. The highest BCUT2D eigenvalue weighted by atomic mass is 14.7. The molecule has 1 heterocycles. The highest BCUT2D eigenvalue weighted by Gasteiger charge is 2.10. The van der Waals surface area contributed by atoms with Gasteiger partial charge in [-0.25, -0.2) is 4.98 Å². The van der Waals surface area contributed by atoms with Crippen molar-refractivity contribution in [1.29, 1.82) is 0 Å². The number of nitrogens with zero attached hydrogens (tertiary/aromatic N) is 1. The van der Waals surface area contributed by atoms with E-state index in [2.05, 4.69) is 11.9 Å². The number of nitrogens with two attached hydrogens (primary N) is 2. The second-order valence-electron chi connectivity index (χ2n) is 4.65. The van der Waals surface area contributed by atoms with E-state index >= 15 is 0 Å². The van der Waals surface area contributed by atoms with E-state index in [0.29, 0.717) is 0 Å². The van der Waals surface area contributed by atoms with Gasteiger partial charge < -0.3 is 11.5 Å². The summed E-state index contributed by atoms with van der Waals surface area (Å²) >= 11 is 0. The Hall–Kier alpha value is -2.29. The molecule has 0 fully saturated rings. The van der Waals surface area contributed by atoms with Crippen molar-refractivity contribution >= 4 is 33.2 Å². The van der Waals surface area contributed by atoms with Crippen LogP contribution >= 0.6 is 0 Å². The minimum atomic E-state index is 0.765. The molecule has 3 rings (SSSR count). The van der Waals surface area contributed by atoms with Crippen molar-refractivity contribution in [2.45, 2.75) is 13.8 Å². The average Bonchev–Trinajstić information content (AvgIpc) is 2.34. The summed E-state index contributed by atoms with van der Waals surface area (Å²) < 4.78 is 0. The van der Waals surface area contributed by atoms with Gasteiger partial charge in [-0.2, -0.15) is 0 Å². The van der Waals surface area contributed by atoms with Gasteiger partial charge in [0.05, 0.1) is 11.0 Å². The molecular weight excluding hydrogens is 222 g/mol. The molecule has 18 heavy (non-hydrogen) atoms. The number of rotatable bonds is 0. The van der Waals surface area contributed by atoms with E-state index in [1.807, 2.05) is 37.3 Å². The maximum atomic E-state index is 6.06. The van der Waals surface area contributed by atoms with Gasteiger partial charge in [0, 0.05) is 22.1 Å². The van der Waals surface area contributed by atoms with Crippen LogP contribution in [0.5, 0.6) is 0 Å². The molecule has 0 unspecified atom stereocenters. The number of anilines is 2. The van der Waals surface area contributed by atoms with Crippen LogP contribution in [0.2, 0.25) is 0 Å². The zero-order valence-electron chi connectivity index (χ0n) is 10.5. The molecule has 0 aliphatic rings. The third-order valence-electron chi connectivity index (χ3n) is 3.55. The normalized spacial score (nSPS) is 11.2. The Balaban J connectivity index is 2.63. The zero-order valence-corrected chi connectivity index (χ0v) is 10.5. The van der Waals surface area contributed by atoms with Crippen molar-refractivity contribution in [1.82, 2.24) is 4.98 Å². The van der Waals surface area contributed by atoms with Crippen molar-refractivity contribution in [2.24, 2.45) is 0 Å². The van der Waals surface area contributed by atoms with Gasteiger partial charge in [0.25, 0.3) is 0 Å². The van der Waals surface area contributed by atoms with Crippen molar-refractivity contribution in [3.05, 3.63) is 41.5 Å². The highest BCUT2D eigenvalue weighted by Crippen LogP contribution is 2.32. The van der Waals surface area contributed by atoms with E-state index < -0.39 is 0 Å². The van der Waals surface area contributed by atoms with E-state index in [9.17, 15) is 0 Å². The van der Waals surface area contributed by atoms with Crippen LogP contribution in [0.3, 0.4) is 0 Å². The molecule has 0 saturated carbocycles. The van der Waals surface area contributed by atoms with E-state index in [-0.39, 0.29) is 0 Å². The van der Waals surface area contributed by atoms with E-state index in [4.69, 9.17) is 11.5 Å². The number of aryl methyl sites for hydroxylation is 2. The van der Waals surface area contributed by atoms with Gasteiger partial charge in [-0.3, -0.25) is 0 Å². The minimum Gasteiger partial charge on any atom is -0.398 e. The molecule has 2 aromatic carbocycles. The lowest BCUT2D eigenvalue weighted by Gasteiger charge is -2.12. The van der Waals surface area contributed by atoms with Crippen LogP contribution in [-0.4, -0.2) is 4.98 Å². The first kappa shape index (κ1) is 10.8. The quantitative estimate of drug-likeness (QED) is 0.466. The first-order valence-electron chi connectivity index (χ1n) is 5.93. The van der Waals surface area contributed by atoms with Crippen molar-refractivity contribution < 1.29 is 0 Å². The molecule has 0 aliphatic carbocycles.